The van der Waals surface area contributed by atoms with Crippen molar-refractivity contribution < 1.29 is 24.8 Å². The zero-order valence-corrected chi connectivity index (χ0v) is 27.6. The van der Waals surface area contributed by atoms with Gasteiger partial charge in [0.1, 0.15) is 0 Å². The van der Waals surface area contributed by atoms with Crippen LogP contribution in [0.4, 0.5) is 0 Å². The van der Waals surface area contributed by atoms with E-state index in [0.29, 0.717) is 41.4 Å². The highest BCUT2D eigenvalue weighted by Crippen LogP contribution is 2.75. The van der Waals surface area contributed by atoms with Gasteiger partial charge in [0.15, 0.2) is 6.29 Å². The van der Waals surface area contributed by atoms with Gasteiger partial charge in [-0.25, -0.2) is 0 Å². The van der Waals surface area contributed by atoms with E-state index in [0.717, 1.165) is 38.0 Å². The standard InChI is InChI=1S/C37H60O5/c1-9-34(5)28-12-14-30-35(6,29(28)13-15-31(34)42-32-22-25(39)21-26(23-38)41-32)19-20-36(7)27(16-18-37(30,36)8)24(2)11-10-17-33(3,4)40/h1,12,24-27,29-32,38-40H,10-11,13-23H2,2-8H3/t24-,25+,26+,27?,29?,30?,31+,32+,34+,35+,36-,37+/m1/s1. The van der Waals surface area contributed by atoms with Crippen LogP contribution in [0.25, 0.3) is 0 Å². The van der Waals surface area contributed by atoms with Crippen LogP contribution in [0, 0.1) is 57.7 Å². The van der Waals surface area contributed by atoms with Crippen LogP contribution in [0.2, 0.25) is 0 Å². The van der Waals surface area contributed by atoms with E-state index in [2.05, 4.69) is 46.6 Å². The van der Waals surface area contributed by atoms with Gasteiger partial charge in [-0.1, -0.05) is 58.1 Å². The van der Waals surface area contributed by atoms with Gasteiger partial charge >= 0.3 is 0 Å². The van der Waals surface area contributed by atoms with Crippen molar-refractivity contribution in [3.05, 3.63) is 11.6 Å². The molecule has 3 saturated carbocycles. The SMILES string of the molecule is C#C[C@@]1(C)C2=CCC3[C@@](C)(CC[C@]4(C)C([C@H](C)CCCC(C)(C)O)CC[C@@]34C)C2CC[C@@H]1O[C@H]1C[C@@H](O)C[C@@H](CO)O1. The summed E-state index contributed by atoms with van der Waals surface area (Å²) in [6.07, 6.45) is 19.5. The highest BCUT2D eigenvalue weighted by molar-refractivity contribution is 5.37. The maximum Gasteiger partial charge on any atom is 0.161 e. The molecule has 42 heavy (non-hydrogen) atoms. The molecule has 0 bridgehead atoms. The quantitative estimate of drug-likeness (QED) is 0.211. The zero-order chi connectivity index (χ0) is 30.7. The van der Waals surface area contributed by atoms with Gasteiger partial charge in [0.2, 0.25) is 0 Å². The second kappa shape index (κ2) is 11.5. The maximum absolute atomic E-state index is 10.4. The molecule has 0 aromatic rings. The first-order valence-corrected chi connectivity index (χ1v) is 17.1. The van der Waals surface area contributed by atoms with E-state index in [1.807, 2.05) is 13.8 Å². The Balaban J connectivity index is 1.35. The first-order chi connectivity index (χ1) is 19.6. The van der Waals surface area contributed by atoms with Crippen LogP contribution in [0.3, 0.4) is 0 Å². The van der Waals surface area contributed by atoms with Crippen LogP contribution in [0.5, 0.6) is 0 Å². The number of hydrogen-bond acceptors (Lipinski definition) is 5. The van der Waals surface area contributed by atoms with E-state index < -0.39 is 29.5 Å². The van der Waals surface area contributed by atoms with Crippen molar-refractivity contribution in [3.8, 4) is 12.3 Å². The molecule has 4 fully saturated rings. The largest absolute Gasteiger partial charge is 0.394 e. The lowest BCUT2D eigenvalue weighted by atomic mass is 9.39. The summed E-state index contributed by atoms with van der Waals surface area (Å²) in [5.41, 5.74) is 1.19. The monoisotopic (exact) mass is 584 g/mol. The minimum atomic E-state index is -0.573. The summed E-state index contributed by atoms with van der Waals surface area (Å²) >= 11 is 0. The minimum Gasteiger partial charge on any atom is -0.394 e. The Hall–Kier alpha value is -0.900. The van der Waals surface area contributed by atoms with Gasteiger partial charge in [-0.05, 0) is 112 Å². The number of allylic oxidation sites excluding steroid dienone is 1. The predicted octanol–water partition coefficient (Wildman–Crippen LogP) is 7.03. The molecule has 1 saturated heterocycles. The van der Waals surface area contributed by atoms with Gasteiger partial charge in [0, 0.05) is 12.8 Å². The molecule has 5 heteroatoms. The van der Waals surface area contributed by atoms with Gasteiger partial charge in [-0.2, -0.15) is 0 Å². The molecule has 0 amide bonds. The van der Waals surface area contributed by atoms with Crippen LogP contribution in [-0.4, -0.2) is 52.1 Å². The Morgan fingerprint density at radius 2 is 1.83 bits per heavy atom. The third kappa shape index (κ3) is 5.34. The molecule has 5 rings (SSSR count). The fraction of sp³-hybridized carbons (Fsp3) is 0.892. The summed E-state index contributed by atoms with van der Waals surface area (Å²) in [5, 5.41) is 30.3. The van der Waals surface area contributed by atoms with Gasteiger partial charge in [-0.3, -0.25) is 0 Å². The summed E-state index contributed by atoms with van der Waals surface area (Å²) < 4.78 is 12.6. The third-order valence-corrected chi connectivity index (χ3v) is 13.9. The summed E-state index contributed by atoms with van der Waals surface area (Å²) in [4.78, 5) is 0. The van der Waals surface area contributed by atoms with Crippen LogP contribution < -0.4 is 0 Å². The third-order valence-electron chi connectivity index (χ3n) is 13.9. The molecule has 5 aliphatic rings. The van der Waals surface area contributed by atoms with Crippen molar-refractivity contribution in [2.24, 2.45) is 45.3 Å². The zero-order valence-electron chi connectivity index (χ0n) is 27.6. The van der Waals surface area contributed by atoms with Crippen molar-refractivity contribution in [1.82, 2.24) is 0 Å². The number of rotatable bonds is 8. The summed E-state index contributed by atoms with van der Waals surface area (Å²) in [6.45, 7) is 16.3. The molecular weight excluding hydrogens is 524 g/mol. The second-order valence-corrected chi connectivity index (χ2v) is 16.7. The molecule has 0 spiro atoms. The summed E-state index contributed by atoms with van der Waals surface area (Å²) in [5.74, 6) is 5.74. The normalized spacial score (nSPS) is 47.9. The Labute approximate surface area is 256 Å². The molecule has 4 aliphatic carbocycles. The van der Waals surface area contributed by atoms with Crippen molar-refractivity contribution in [3.63, 3.8) is 0 Å². The highest BCUT2D eigenvalue weighted by Gasteiger charge is 2.67. The Bertz CT molecular complexity index is 1060. The fourth-order valence-electron chi connectivity index (χ4n) is 11.2. The summed E-state index contributed by atoms with van der Waals surface area (Å²) in [7, 11) is 0. The van der Waals surface area contributed by atoms with Gasteiger partial charge in [0.25, 0.3) is 0 Å². The van der Waals surface area contributed by atoms with Crippen molar-refractivity contribution >= 4 is 0 Å². The highest BCUT2D eigenvalue weighted by atomic mass is 16.7. The molecule has 238 valence electrons. The number of fused-ring (bicyclic) bond motifs is 5. The van der Waals surface area contributed by atoms with Crippen molar-refractivity contribution in [2.75, 3.05) is 6.61 Å². The number of aliphatic hydroxyl groups is 3. The van der Waals surface area contributed by atoms with E-state index in [4.69, 9.17) is 15.9 Å². The van der Waals surface area contributed by atoms with Gasteiger partial charge in [-0.15, -0.1) is 6.42 Å². The molecule has 1 aliphatic heterocycles. The predicted molar refractivity (Wildman–Crippen MR) is 167 cm³/mol. The lowest BCUT2D eigenvalue weighted by Crippen LogP contribution is -2.59. The fourth-order valence-corrected chi connectivity index (χ4v) is 11.2. The summed E-state index contributed by atoms with van der Waals surface area (Å²) in [6, 6.07) is 0. The molecule has 0 aromatic heterocycles. The molecule has 3 N–H and O–H groups in total. The molecule has 3 unspecified atom stereocenters. The molecule has 5 nitrogen and oxygen atoms in total. The van der Waals surface area contributed by atoms with Gasteiger partial charge < -0.3 is 24.8 Å². The van der Waals surface area contributed by atoms with Crippen molar-refractivity contribution in [1.29, 1.82) is 0 Å². The van der Waals surface area contributed by atoms with E-state index in [-0.39, 0.29) is 18.1 Å². The van der Waals surface area contributed by atoms with Crippen LogP contribution in [-0.2, 0) is 9.47 Å². The van der Waals surface area contributed by atoms with E-state index >= 15 is 0 Å². The number of hydrogen-bond donors (Lipinski definition) is 3. The lowest BCUT2D eigenvalue weighted by molar-refractivity contribution is -0.253. The second-order valence-electron chi connectivity index (χ2n) is 16.7. The molecule has 0 radical (unpaired) electrons. The van der Waals surface area contributed by atoms with Crippen LogP contribution >= 0.6 is 0 Å². The maximum atomic E-state index is 10.4. The Morgan fingerprint density at radius 3 is 2.50 bits per heavy atom. The van der Waals surface area contributed by atoms with E-state index in [1.54, 1.807) is 0 Å². The first-order valence-electron chi connectivity index (χ1n) is 17.1. The average molecular weight is 585 g/mol. The van der Waals surface area contributed by atoms with Crippen LogP contribution in [0.15, 0.2) is 11.6 Å². The average Bonchev–Trinajstić information content (AvgIpc) is 3.20. The van der Waals surface area contributed by atoms with Crippen molar-refractivity contribution in [2.45, 2.75) is 156 Å². The first kappa shape index (κ1) is 32.5. The molecule has 1 heterocycles. The Kier molecular flexibility index (Phi) is 8.88. The van der Waals surface area contributed by atoms with E-state index in [1.165, 1.54) is 37.7 Å². The number of aliphatic hydroxyl groups excluding tert-OH is 2. The van der Waals surface area contributed by atoms with E-state index in [9.17, 15) is 15.3 Å². The van der Waals surface area contributed by atoms with Crippen LogP contribution in [0.1, 0.15) is 126 Å². The number of terminal acetylenes is 1. The molecule has 0 aromatic carbocycles. The minimum absolute atomic E-state index is 0.112. The topological polar surface area (TPSA) is 79.2 Å². The molecule has 12 atom stereocenters. The van der Waals surface area contributed by atoms with Gasteiger partial charge in [0.05, 0.1) is 35.9 Å². The Morgan fingerprint density at radius 1 is 1.10 bits per heavy atom. The molecular formula is C37H60O5. The lowest BCUT2D eigenvalue weighted by Gasteiger charge is -2.66. The number of ether oxygens (including phenoxy) is 2. The smallest absolute Gasteiger partial charge is 0.161 e.